The van der Waals surface area contributed by atoms with Gasteiger partial charge in [0.2, 0.25) is 0 Å². The fraction of sp³-hybridized carbons (Fsp3) is 0.417. The van der Waals surface area contributed by atoms with Gasteiger partial charge in [0.1, 0.15) is 5.69 Å². The van der Waals surface area contributed by atoms with Crippen molar-refractivity contribution >= 4 is 5.82 Å². The van der Waals surface area contributed by atoms with Gasteiger partial charge in [-0.25, -0.2) is 4.98 Å². The quantitative estimate of drug-likeness (QED) is 0.852. The van der Waals surface area contributed by atoms with Crippen LogP contribution in [-0.4, -0.2) is 33.3 Å². The predicted octanol–water partition coefficient (Wildman–Crippen LogP) is 1.78. The molecule has 2 aromatic heterocycles. The molecule has 1 saturated heterocycles. The van der Waals surface area contributed by atoms with E-state index >= 15 is 0 Å². The van der Waals surface area contributed by atoms with Gasteiger partial charge in [-0.3, -0.25) is 10.1 Å². The van der Waals surface area contributed by atoms with Gasteiger partial charge in [-0.2, -0.15) is 5.10 Å². The second kappa shape index (κ2) is 4.16. The molecule has 0 aromatic carbocycles. The van der Waals surface area contributed by atoms with Crippen LogP contribution in [0.15, 0.2) is 18.6 Å². The van der Waals surface area contributed by atoms with Gasteiger partial charge < -0.3 is 4.90 Å². The van der Waals surface area contributed by atoms with Crippen molar-refractivity contribution in [2.24, 2.45) is 0 Å². The van der Waals surface area contributed by atoms with E-state index in [1.54, 1.807) is 12.4 Å². The molecule has 0 spiro atoms. The molecule has 1 aliphatic rings. The van der Waals surface area contributed by atoms with Gasteiger partial charge in [-0.1, -0.05) is 0 Å². The van der Waals surface area contributed by atoms with Crippen LogP contribution in [-0.2, 0) is 0 Å². The third-order valence-electron chi connectivity index (χ3n) is 3.17. The maximum Gasteiger partial charge on any atom is 0.155 e. The van der Waals surface area contributed by atoms with Gasteiger partial charge in [0, 0.05) is 36.7 Å². The lowest BCUT2D eigenvalue weighted by Crippen LogP contribution is -2.20. The number of anilines is 1. The fourth-order valence-electron chi connectivity index (χ4n) is 2.27. The predicted molar refractivity (Wildman–Crippen MR) is 65.8 cm³/mol. The molecule has 0 bridgehead atoms. The van der Waals surface area contributed by atoms with Crippen molar-refractivity contribution in [3.05, 3.63) is 24.3 Å². The second-order valence-corrected chi connectivity index (χ2v) is 4.33. The number of nitrogens with zero attached hydrogens (tertiary/aromatic N) is 4. The number of aromatic amines is 1. The van der Waals surface area contributed by atoms with Crippen molar-refractivity contribution in [3.8, 4) is 11.3 Å². The Bertz CT molecular complexity index is 513. The summed E-state index contributed by atoms with van der Waals surface area (Å²) in [5.41, 5.74) is 3.01. The highest BCUT2D eigenvalue weighted by Crippen LogP contribution is 2.29. The van der Waals surface area contributed by atoms with E-state index in [1.807, 2.05) is 13.1 Å². The van der Waals surface area contributed by atoms with Gasteiger partial charge in [-0.15, -0.1) is 0 Å². The molecule has 0 unspecified atom stereocenters. The normalized spacial score (nSPS) is 15.5. The Balaban J connectivity index is 2.07. The summed E-state index contributed by atoms with van der Waals surface area (Å²) < 4.78 is 0. The Labute approximate surface area is 99.9 Å². The second-order valence-electron chi connectivity index (χ2n) is 4.33. The van der Waals surface area contributed by atoms with E-state index in [4.69, 9.17) is 0 Å². The molecule has 17 heavy (non-hydrogen) atoms. The molecule has 0 radical (unpaired) electrons. The summed E-state index contributed by atoms with van der Waals surface area (Å²) in [7, 11) is 0. The molecule has 1 fully saturated rings. The van der Waals surface area contributed by atoms with E-state index in [-0.39, 0.29) is 0 Å². The lowest BCUT2D eigenvalue weighted by molar-refractivity contribution is 0.929. The first-order valence-corrected chi connectivity index (χ1v) is 5.92. The minimum atomic E-state index is 0.931. The highest BCUT2D eigenvalue weighted by molar-refractivity contribution is 5.73. The average molecular weight is 229 g/mol. The van der Waals surface area contributed by atoms with Gasteiger partial charge in [0.25, 0.3) is 0 Å². The third kappa shape index (κ3) is 1.77. The largest absolute Gasteiger partial charge is 0.355 e. The Morgan fingerprint density at radius 1 is 1.18 bits per heavy atom. The lowest BCUT2D eigenvalue weighted by atomic mass is 10.2. The lowest BCUT2D eigenvalue weighted by Gasteiger charge is -2.18. The summed E-state index contributed by atoms with van der Waals surface area (Å²) in [6, 6.07) is 0. The van der Waals surface area contributed by atoms with E-state index in [2.05, 4.69) is 25.1 Å². The first-order chi connectivity index (χ1) is 8.36. The zero-order valence-electron chi connectivity index (χ0n) is 9.85. The van der Waals surface area contributed by atoms with Gasteiger partial charge in [-0.05, 0) is 19.8 Å². The zero-order valence-corrected chi connectivity index (χ0v) is 9.85. The van der Waals surface area contributed by atoms with Gasteiger partial charge in [0.05, 0.1) is 6.20 Å². The van der Waals surface area contributed by atoms with Crippen LogP contribution in [0.25, 0.3) is 11.3 Å². The van der Waals surface area contributed by atoms with E-state index in [0.29, 0.717) is 0 Å². The Hall–Kier alpha value is -1.91. The average Bonchev–Trinajstić information content (AvgIpc) is 3.00. The minimum absolute atomic E-state index is 0.931. The summed E-state index contributed by atoms with van der Waals surface area (Å²) in [4.78, 5) is 11.2. The van der Waals surface area contributed by atoms with Crippen LogP contribution in [0, 0.1) is 6.92 Å². The summed E-state index contributed by atoms with van der Waals surface area (Å²) in [6.45, 7) is 4.15. The molecule has 3 rings (SSSR count). The van der Waals surface area contributed by atoms with Crippen LogP contribution in [0.4, 0.5) is 5.82 Å². The topological polar surface area (TPSA) is 57.7 Å². The van der Waals surface area contributed by atoms with Crippen LogP contribution in [0.2, 0.25) is 0 Å². The summed E-state index contributed by atoms with van der Waals surface area (Å²) in [6.07, 6.45) is 7.79. The molecule has 1 aliphatic heterocycles. The third-order valence-corrected chi connectivity index (χ3v) is 3.17. The fourth-order valence-corrected chi connectivity index (χ4v) is 2.27. The van der Waals surface area contributed by atoms with Crippen LogP contribution >= 0.6 is 0 Å². The first-order valence-electron chi connectivity index (χ1n) is 5.92. The molecule has 88 valence electrons. The van der Waals surface area contributed by atoms with E-state index in [0.717, 1.165) is 35.9 Å². The van der Waals surface area contributed by atoms with Crippen molar-refractivity contribution in [1.82, 2.24) is 20.2 Å². The molecule has 0 amide bonds. The molecule has 0 atom stereocenters. The highest BCUT2D eigenvalue weighted by Gasteiger charge is 2.20. The van der Waals surface area contributed by atoms with E-state index in [9.17, 15) is 0 Å². The minimum Gasteiger partial charge on any atom is -0.355 e. The molecule has 2 aromatic rings. The zero-order chi connectivity index (χ0) is 11.7. The van der Waals surface area contributed by atoms with Crippen LogP contribution in [0.3, 0.4) is 0 Å². The monoisotopic (exact) mass is 229 g/mol. The van der Waals surface area contributed by atoms with Crippen molar-refractivity contribution < 1.29 is 0 Å². The molecule has 0 saturated carbocycles. The van der Waals surface area contributed by atoms with Crippen molar-refractivity contribution in [1.29, 1.82) is 0 Å². The smallest absolute Gasteiger partial charge is 0.155 e. The standard InChI is InChI=1S/C12H15N5/c1-9-10(8-15-16-9)11-12(14-5-4-13-11)17-6-2-3-7-17/h4-5,8H,2-3,6-7H2,1H3,(H,15,16). The number of nitrogens with one attached hydrogen (secondary N) is 1. The number of rotatable bonds is 2. The van der Waals surface area contributed by atoms with Crippen molar-refractivity contribution in [2.45, 2.75) is 19.8 Å². The Morgan fingerprint density at radius 2 is 1.94 bits per heavy atom. The van der Waals surface area contributed by atoms with Crippen molar-refractivity contribution in [2.75, 3.05) is 18.0 Å². The first kappa shape index (κ1) is 10.3. The maximum absolute atomic E-state index is 4.48. The number of hydrogen-bond donors (Lipinski definition) is 1. The molecule has 1 N–H and O–H groups in total. The van der Waals surface area contributed by atoms with Gasteiger partial charge in [0.15, 0.2) is 5.82 Å². The number of aromatic nitrogens is 4. The summed E-state index contributed by atoms with van der Waals surface area (Å²) in [5, 5.41) is 7.00. The van der Waals surface area contributed by atoms with E-state index < -0.39 is 0 Å². The van der Waals surface area contributed by atoms with E-state index in [1.165, 1.54) is 12.8 Å². The van der Waals surface area contributed by atoms with Gasteiger partial charge >= 0.3 is 0 Å². The summed E-state index contributed by atoms with van der Waals surface area (Å²) >= 11 is 0. The SMILES string of the molecule is Cc1[nH]ncc1-c1nccnc1N1CCCC1. The van der Waals surface area contributed by atoms with Crippen LogP contribution in [0.5, 0.6) is 0 Å². The number of H-pyrrole nitrogens is 1. The molecule has 5 heteroatoms. The number of aryl methyl sites for hydroxylation is 1. The molecule has 5 nitrogen and oxygen atoms in total. The molecule has 3 heterocycles. The van der Waals surface area contributed by atoms with Crippen LogP contribution in [0.1, 0.15) is 18.5 Å². The molecular weight excluding hydrogens is 214 g/mol. The Kier molecular flexibility index (Phi) is 2.51. The van der Waals surface area contributed by atoms with Crippen molar-refractivity contribution in [3.63, 3.8) is 0 Å². The van der Waals surface area contributed by atoms with Crippen LogP contribution < -0.4 is 4.90 Å². The molecular formula is C12H15N5. The maximum atomic E-state index is 4.48. The Morgan fingerprint density at radius 3 is 2.65 bits per heavy atom. The summed E-state index contributed by atoms with van der Waals surface area (Å²) in [5.74, 6) is 0.981. The number of hydrogen-bond acceptors (Lipinski definition) is 4. The highest BCUT2D eigenvalue weighted by atomic mass is 15.2. The molecule has 0 aliphatic carbocycles.